The van der Waals surface area contributed by atoms with Gasteiger partial charge in [0.25, 0.3) is 11.8 Å². The van der Waals surface area contributed by atoms with Gasteiger partial charge in [-0.3, -0.25) is 9.59 Å². The highest BCUT2D eigenvalue weighted by molar-refractivity contribution is 6.35. The zero-order chi connectivity index (χ0) is 24.8. The van der Waals surface area contributed by atoms with Crippen LogP contribution < -0.4 is 16.0 Å². The number of benzene rings is 3. The van der Waals surface area contributed by atoms with Crippen LogP contribution in [0.15, 0.2) is 66.7 Å². The van der Waals surface area contributed by atoms with Gasteiger partial charge in [-0.1, -0.05) is 42.3 Å². The molecule has 6 heteroatoms. The lowest BCUT2D eigenvalue weighted by Crippen LogP contribution is -2.20. The smallest absolute Gasteiger partial charge is 0.296 e. The molecule has 0 radical (unpaired) electrons. The van der Waals surface area contributed by atoms with Crippen LogP contribution in [0.25, 0.3) is 11.6 Å². The monoisotopic (exact) mass is 464 g/mol. The molecule has 3 N–H and O–H groups in total. The highest BCUT2D eigenvalue weighted by Crippen LogP contribution is 2.35. The van der Waals surface area contributed by atoms with E-state index < -0.39 is 0 Å². The number of hydrogen-bond donors (Lipinski definition) is 3. The van der Waals surface area contributed by atoms with Gasteiger partial charge in [0.05, 0.1) is 5.69 Å². The number of nitrogens with one attached hydrogen (secondary N) is 3. The molecule has 0 saturated carbocycles. The Morgan fingerprint density at radius 3 is 2.57 bits per heavy atom. The van der Waals surface area contributed by atoms with Crippen molar-refractivity contribution in [1.82, 2.24) is 10.2 Å². The number of hydrogen-bond acceptors (Lipinski definition) is 4. The maximum Gasteiger partial charge on any atom is 0.296 e. The number of rotatable bonds is 6. The van der Waals surface area contributed by atoms with E-state index in [0.29, 0.717) is 23.4 Å². The largest absolute Gasteiger partial charge is 0.355 e. The number of amides is 2. The van der Waals surface area contributed by atoms with Gasteiger partial charge in [-0.05, 0) is 68.6 Å². The molecule has 0 unspecified atom stereocenters. The van der Waals surface area contributed by atoms with Gasteiger partial charge in [0.2, 0.25) is 0 Å². The van der Waals surface area contributed by atoms with Gasteiger partial charge in [0, 0.05) is 47.1 Å². The molecule has 0 aromatic heterocycles. The predicted octanol–water partition coefficient (Wildman–Crippen LogP) is 4.47. The molecule has 6 nitrogen and oxygen atoms in total. The van der Waals surface area contributed by atoms with Gasteiger partial charge in [-0.15, -0.1) is 0 Å². The molecule has 35 heavy (non-hydrogen) atoms. The van der Waals surface area contributed by atoms with Crippen LogP contribution in [0.5, 0.6) is 0 Å². The third kappa shape index (κ3) is 5.97. The number of fused-ring (bicyclic) bond motifs is 1. The van der Waals surface area contributed by atoms with Crippen LogP contribution in [0.3, 0.4) is 0 Å². The topological polar surface area (TPSA) is 73.5 Å². The van der Waals surface area contributed by atoms with E-state index in [1.54, 1.807) is 6.07 Å². The summed E-state index contributed by atoms with van der Waals surface area (Å²) in [6.07, 6.45) is 1.89. The number of nitrogens with zero attached hydrogens (tertiary/aromatic N) is 1. The van der Waals surface area contributed by atoms with E-state index in [1.165, 1.54) is 5.56 Å². The van der Waals surface area contributed by atoms with Gasteiger partial charge in [-0.2, -0.15) is 0 Å². The van der Waals surface area contributed by atoms with Gasteiger partial charge in [0.15, 0.2) is 0 Å². The molecule has 4 rings (SSSR count). The fourth-order valence-corrected chi connectivity index (χ4v) is 3.86. The Kier molecular flexibility index (Phi) is 7.30. The Morgan fingerprint density at radius 2 is 1.83 bits per heavy atom. The maximum absolute atomic E-state index is 12.8. The van der Waals surface area contributed by atoms with E-state index in [4.69, 9.17) is 0 Å². The summed E-state index contributed by atoms with van der Waals surface area (Å²) in [6.45, 7) is 3.25. The molecule has 0 spiro atoms. The molecular weight excluding hydrogens is 436 g/mol. The van der Waals surface area contributed by atoms with Crippen molar-refractivity contribution < 1.29 is 9.59 Å². The van der Waals surface area contributed by atoms with Crippen molar-refractivity contribution in [3.05, 3.63) is 89.0 Å². The normalized spacial score (nSPS) is 13.1. The molecule has 0 bridgehead atoms. The number of carbonyl (C=O) groups excluding carboxylic acids is 2. The van der Waals surface area contributed by atoms with E-state index in [0.717, 1.165) is 29.0 Å². The Bertz CT molecular complexity index is 1350. The summed E-state index contributed by atoms with van der Waals surface area (Å²) < 4.78 is 0. The van der Waals surface area contributed by atoms with E-state index in [9.17, 15) is 9.59 Å². The van der Waals surface area contributed by atoms with Crippen LogP contribution in [0.2, 0.25) is 0 Å². The third-order valence-corrected chi connectivity index (χ3v) is 5.45. The van der Waals surface area contributed by atoms with Crippen LogP contribution in [0.4, 0.5) is 17.1 Å². The first kappa shape index (κ1) is 23.8. The average Bonchev–Trinajstić information content (AvgIpc) is 3.14. The summed E-state index contributed by atoms with van der Waals surface area (Å²) in [7, 11) is 4.10. The molecule has 176 valence electrons. The minimum Gasteiger partial charge on any atom is -0.355 e. The Labute approximate surface area is 206 Å². The molecule has 1 aliphatic heterocycles. The summed E-state index contributed by atoms with van der Waals surface area (Å²) in [5, 5.41) is 9.02. The fourth-order valence-electron chi connectivity index (χ4n) is 3.86. The van der Waals surface area contributed by atoms with E-state index in [1.807, 2.05) is 63.5 Å². The maximum atomic E-state index is 12.8. The van der Waals surface area contributed by atoms with Crippen LogP contribution in [-0.2, 0) is 16.1 Å². The standard InChI is InChI=1S/C29H28N4O2/c1-4-30-28(34)16-12-20-11-15-24-25(29(35)32-27(24)17-20)18-22-7-5-6-8-26(22)31-23-13-9-21(10-14-23)19-33(2)3/h5-11,13-15,17-18,31H,4,19H2,1-3H3,(H,30,34)(H,32,35). The SMILES string of the molecule is CCNC(=O)C#Cc1ccc2c(c1)NC(=O)C2=Cc1ccccc1Nc1ccc(CN(C)C)cc1. The van der Waals surface area contributed by atoms with Crippen LogP contribution in [-0.4, -0.2) is 37.4 Å². The minimum absolute atomic E-state index is 0.170. The van der Waals surface area contributed by atoms with Crippen molar-refractivity contribution in [3.8, 4) is 11.8 Å². The summed E-state index contributed by atoms with van der Waals surface area (Å²) in [6, 6.07) is 21.7. The molecule has 1 aliphatic rings. The summed E-state index contributed by atoms with van der Waals surface area (Å²) >= 11 is 0. The Hall–Kier alpha value is -4.34. The molecule has 0 fully saturated rings. The fraction of sp³-hybridized carbons (Fsp3) is 0.172. The summed E-state index contributed by atoms with van der Waals surface area (Å²) in [4.78, 5) is 26.5. The first-order chi connectivity index (χ1) is 16.9. The minimum atomic E-state index is -0.325. The van der Waals surface area contributed by atoms with E-state index in [2.05, 4.69) is 57.0 Å². The summed E-state index contributed by atoms with van der Waals surface area (Å²) in [5.74, 6) is 4.91. The van der Waals surface area contributed by atoms with E-state index >= 15 is 0 Å². The lowest BCUT2D eigenvalue weighted by atomic mass is 10.0. The van der Waals surface area contributed by atoms with Gasteiger partial charge < -0.3 is 20.9 Å². The molecule has 2 amide bonds. The molecule has 0 atom stereocenters. The first-order valence-corrected chi connectivity index (χ1v) is 11.5. The second kappa shape index (κ2) is 10.7. The van der Waals surface area contributed by atoms with Crippen molar-refractivity contribution >= 4 is 40.5 Å². The predicted molar refractivity (Wildman–Crippen MR) is 142 cm³/mol. The highest BCUT2D eigenvalue weighted by atomic mass is 16.2. The average molecular weight is 465 g/mol. The van der Waals surface area contributed by atoms with Crippen molar-refractivity contribution in [2.45, 2.75) is 13.5 Å². The quantitative estimate of drug-likeness (QED) is 0.372. The molecule has 0 saturated heterocycles. The van der Waals surface area contributed by atoms with Crippen molar-refractivity contribution in [1.29, 1.82) is 0 Å². The lowest BCUT2D eigenvalue weighted by Gasteiger charge is -2.13. The highest BCUT2D eigenvalue weighted by Gasteiger charge is 2.24. The second-order valence-electron chi connectivity index (χ2n) is 8.53. The molecule has 3 aromatic rings. The Balaban J connectivity index is 1.58. The van der Waals surface area contributed by atoms with Crippen LogP contribution >= 0.6 is 0 Å². The van der Waals surface area contributed by atoms with Crippen LogP contribution in [0.1, 0.15) is 29.2 Å². The number of carbonyl (C=O) groups is 2. The molecule has 0 aliphatic carbocycles. The first-order valence-electron chi connectivity index (χ1n) is 11.5. The van der Waals surface area contributed by atoms with Crippen LogP contribution in [0, 0.1) is 11.8 Å². The third-order valence-electron chi connectivity index (χ3n) is 5.45. The van der Waals surface area contributed by atoms with Crippen molar-refractivity contribution in [2.75, 3.05) is 31.3 Å². The Morgan fingerprint density at radius 1 is 1.06 bits per heavy atom. The zero-order valence-electron chi connectivity index (χ0n) is 20.1. The second-order valence-corrected chi connectivity index (χ2v) is 8.53. The van der Waals surface area contributed by atoms with Crippen molar-refractivity contribution in [2.24, 2.45) is 0 Å². The van der Waals surface area contributed by atoms with Crippen molar-refractivity contribution in [3.63, 3.8) is 0 Å². The lowest BCUT2D eigenvalue weighted by molar-refractivity contribution is -0.115. The number of anilines is 3. The van der Waals surface area contributed by atoms with Gasteiger partial charge in [0.1, 0.15) is 0 Å². The molecule has 3 aromatic carbocycles. The summed E-state index contributed by atoms with van der Waals surface area (Å²) in [5.41, 5.74) is 6.77. The number of para-hydroxylation sites is 1. The van der Waals surface area contributed by atoms with Gasteiger partial charge >= 0.3 is 0 Å². The molecule has 1 heterocycles. The molecular formula is C29H28N4O2. The zero-order valence-corrected chi connectivity index (χ0v) is 20.1. The van der Waals surface area contributed by atoms with Gasteiger partial charge in [-0.25, -0.2) is 0 Å². The van der Waals surface area contributed by atoms with E-state index in [-0.39, 0.29) is 11.8 Å².